The van der Waals surface area contributed by atoms with Crippen molar-refractivity contribution < 1.29 is 14.6 Å². The lowest BCUT2D eigenvalue weighted by atomic mass is 10.0. The van der Waals surface area contributed by atoms with Gasteiger partial charge in [0.05, 0.1) is 0 Å². The molecule has 31 heavy (non-hydrogen) atoms. The zero-order valence-corrected chi connectivity index (χ0v) is 21.3. The molecule has 0 saturated carbocycles. The summed E-state index contributed by atoms with van der Waals surface area (Å²) in [7, 11) is 3.88. The number of hydrogen-bond acceptors (Lipinski definition) is 4. The highest BCUT2D eigenvalue weighted by molar-refractivity contribution is 5.69. The summed E-state index contributed by atoms with van der Waals surface area (Å²) in [5.41, 5.74) is 0. The molecule has 0 heterocycles. The zero-order chi connectivity index (χ0) is 23.0. The Balaban J connectivity index is 3.19. The number of aliphatic hydroxyl groups is 1. The highest BCUT2D eigenvalue weighted by atomic mass is 16.6. The van der Waals surface area contributed by atoms with E-state index in [1.165, 1.54) is 109 Å². The number of carbonyl (C=O) groups excluding carboxylic acids is 1. The Morgan fingerprint density at radius 2 is 1.03 bits per heavy atom. The first kappa shape index (κ1) is 30.4. The van der Waals surface area contributed by atoms with Gasteiger partial charge in [-0.3, -0.25) is 4.79 Å². The van der Waals surface area contributed by atoms with E-state index in [9.17, 15) is 9.90 Å². The van der Waals surface area contributed by atoms with E-state index >= 15 is 0 Å². The summed E-state index contributed by atoms with van der Waals surface area (Å²) in [4.78, 5) is 13.7. The Labute approximate surface area is 194 Å². The fourth-order valence-electron chi connectivity index (χ4n) is 3.99. The summed E-state index contributed by atoms with van der Waals surface area (Å²) in [6, 6.07) is 0. The standard InChI is InChI=1S/C27H55NO3/c1-4-5-6-7-8-9-10-11-12-13-14-15-16-17-18-19-20-21-22-23-26(29)31-27(30)24-25-28(2)3/h27,30H,4-25H2,1-3H3. The Bertz CT molecular complexity index is 373. The summed E-state index contributed by atoms with van der Waals surface area (Å²) in [6.07, 6.45) is 25.6. The molecule has 0 aliphatic heterocycles. The molecule has 0 amide bonds. The van der Waals surface area contributed by atoms with Crippen LogP contribution in [0.25, 0.3) is 0 Å². The number of aliphatic hydroxyl groups excluding tert-OH is 1. The van der Waals surface area contributed by atoms with Crippen LogP contribution in [0.2, 0.25) is 0 Å². The van der Waals surface area contributed by atoms with Gasteiger partial charge in [-0.1, -0.05) is 122 Å². The molecule has 0 bridgehead atoms. The van der Waals surface area contributed by atoms with Crippen LogP contribution in [0.3, 0.4) is 0 Å². The second-order valence-electron chi connectivity index (χ2n) is 9.65. The van der Waals surface area contributed by atoms with Crippen molar-refractivity contribution in [2.24, 2.45) is 0 Å². The third-order valence-corrected chi connectivity index (χ3v) is 6.08. The van der Waals surface area contributed by atoms with Gasteiger partial charge in [-0.2, -0.15) is 0 Å². The van der Waals surface area contributed by atoms with Gasteiger partial charge in [-0.05, 0) is 20.5 Å². The molecule has 0 aromatic rings. The van der Waals surface area contributed by atoms with Crippen molar-refractivity contribution >= 4 is 5.97 Å². The van der Waals surface area contributed by atoms with Gasteiger partial charge in [0.25, 0.3) is 0 Å². The molecule has 0 aromatic carbocycles. The SMILES string of the molecule is CCCCCCCCCCCCCCCCCCCCCC(=O)OC(O)CCN(C)C. The number of unbranched alkanes of at least 4 members (excludes halogenated alkanes) is 18. The number of ether oxygens (including phenoxy) is 1. The molecule has 0 aliphatic rings. The van der Waals surface area contributed by atoms with Gasteiger partial charge >= 0.3 is 5.97 Å². The monoisotopic (exact) mass is 441 g/mol. The third-order valence-electron chi connectivity index (χ3n) is 6.08. The number of esters is 1. The summed E-state index contributed by atoms with van der Waals surface area (Å²) in [5.74, 6) is -0.266. The maximum Gasteiger partial charge on any atom is 0.308 e. The number of rotatable bonds is 24. The minimum atomic E-state index is -0.963. The predicted octanol–water partition coefficient (Wildman–Crippen LogP) is 7.62. The molecule has 0 aliphatic carbocycles. The molecule has 4 nitrogen and oxygen atoms in total. The van der Waals surface area contributed by atoms with Crippen LogP contribution < -0.4 is 0 Å². The van der Waals surface area contributed by atoms with Gasteiger partial charge in [0, 0.05) is 19.4 Å². The van der Waals surface area contributed by atoms with Crippen molar-refractivity contribution in [2.75, 3.05) is 20.6 Å². The molecule has 1 N–H and O–H groups in total. The first-order chi connectivity index (χ1) is 15.1. The fourth-order valence-corrected chi connectivity index (χ4v) is 3.99. The maximum atomic E-state index is 11.7. The minimum Gasteiger partial charge on any atom is -0.436 e. The van der Waals surface area contributed by atoms with Crippen LogP contribution in [0, 0.1) is 0 Å². The second kappa shape index (κ2) is 24.0. The van der Waals surface area contributed by atoms with Crippen LogP contribution in [0.5, 0.6) is 0 Å². The Hall–Kier alpha value is -0.610. The van der Waals surface area contributed by atoms with Gasteiger partial charge in [0.15, 0.2) is 0 Å². The average Bonchev–Trinajstić information content (AvgIpc) is 2.74. The van der Waals surface area contributed by atoms with Crippen molar-refractivity contribution in [2.45, 2.75) is 148 Å². The normalized spacial score (nSPS) is 12.4. The van der Waals surface area contributed by atoms with Gasteiger partial charge in [-0.25, -0.2) is 0 Å². The number of carbonyl (C=O) groups is 1. The smallest absolute Gasteiger partial charge is 0.308 e. The van der Waals surface area contributed by atoms with Crippen LogP contribution >= 0.6 is 0 Å². The van der Waals surface area contributed by atoms with Crippen molar-refractivity contribution in [1.82, 2.24) is 4.90 Å². The first-order valence-electron chi connectivity index (χ1n) is 13.6. The van der Waals surface area contributed by atoms with Crippen LogP contribution in [0.15, 0.2) is 0 Å². The highest BCUT2D eigenvalue weighted by Gasteiger charge is 2.10. The quantitative estimate of drug-likeness (QED) is 0.0950. The lowest BCUT2D eigenvalue weighted by Gasteiger charge is -2.14. The molecule has 0 fully saturated rings. The van der Waals surface area contributed by atoms with Crippen LogP contribution in [-0.2, 0) is 9.53 Å². The van der Waals surface area contributed by atoms with E-state index in [0.717, 1.165) is 12.8 Å². The van der Waals surface area contributed by atoms with E-state index in [2.05, 4.69) is 6.92 Å². The topological polar surface area (TPSA) is 49.8 Å². The average molecular weight is 442 g/mol. The Morgan fingerprint density at radius 1 is 0.677 bits per heavy atom. The van der Waals surface area contributed by atoms with Crippen LogP contribution in [-0.4, -0.2) is 42.9 Å². The molecular weight excluding hydrogens is 386 g/mol. The molecule has 0 spiro atoms. The maximum absolute atomic E-state index is 11.7. The molecule has 4 heteroatoms. The molecule has 0 rings (SSSR count). The molecule has 0 radical (unpaired) electrons. The van der Waals surface area contributed by atoms with Crippen molar-refractivity contribution in [3.05, 3.63) is 0 Å². The molecule has 1 unspecified atom stereocenters. The number of hydrogen-bond donors (Lipinski definition) is 1. The molecule has 0 aromatic heterocycles. The zero-order valence-electron chi connectivity index (χ0n) is 21.3. The predicted molar refractivity (Wildman–Crippen MR) is 133 cm³/mol. The number of nitrogens with zero attached hydrogens (tertiary/aromatic N) is 1. The van der Waals surface area contributed by atoms with E-state index in [4.69, 9.17) is 4.74 Å². The molecule has 0 saturated heterocycles. The lowest BCUT2D eigenvalue weighted by molar-refractivity contribution is -0.169. The van der Waals surface area contributed by atoms with Gasteiger partial charge in [0.1, 0.15) is 0 Å². The van der Waals surface area contributed by atoms with E-state index in [-0.39, 0.29) is 5.97 Å². The molecule has 1 atom stereocenters. The van der Waals surface area contributed by atoms with Crippen molar-refractivity contribution in [3.63, 3.8) is 0 Å². The summed E-state index contributed by atoms with van der Waals surface area (Å²) >= 11 is 0. The van der Waals surface area contributed by atoms with Gasteiger partial charge in [0.2, 0.25) is 6.29 Å². The molecule has 186 valence electrons. The van der Waals surface area contributed by atoms with Crippen LogP contribution in [0.4, 0.5) is 0 Å². The van der Waals surface area contributed by atoms with Gasteiger partial charge in [-0.15, -0.1) is 0 Å². The Morgan fingerprint density at radius 3 is 1.39 bits per heavy atom. The van der Waals surface area contributed by atoms with E-state index in [1.54, 1.807) is 0 Å². The summed E-state index contributed by atoms with van der Waals surface area (Å²) in [5, 5.41) is 9.66. The first-order valence-corrected chi connectivity index (χ1v) is 13.6. The minimum absolute atomic E-state index is 0.266. The highest BCUT2D eigenvalue weighted by Crippen LogP contribution is 2.15. The Kier molecular flexibility index (Phi) is 23.6. The van der Waals surface area contributed by atoms with Crippen molar-refractivity contribution in [1.29, 1.82) is 0 Å². The second-order valence-corrected chi connectivity index (χ2v) is 9.65. The van der Waals surface area contributed by atoms with E-state index < -0.39 is 6.29 Å². The summed E-state index contributed by atoms with van der Waals surface area (Å²) in [6.45, 7) is 3.00. The largest absolute Gasteiger partial charge is 0.436 e. The van der Waals surface area contributed by atoms with Crippen LogP contribution in [0.1, 0.15) is 142 Å². The van der Waals surface area contributed by atoms with Crippen molar-refractivity contribution in [3.8, 4) is 0 Å². The van der Waals surface area contributed by atoms with E-state index in [1.807, 2.05) is 19.0 Å². The molecular formula is C27H55NO3. The van der Waals surface area contributed by atoms with Gasteiger partial charge < -0.3 is 14.7 Å². The van der Waals surface area contributed by atoms with E-state index in [0.29, 0.717) is 19.4 Å². The third kappa shape index (κ3) is 25.5. The summed E-state index contributed by atoms with van der Waals surface area (Å²) < 4.78 is 5.03. The lowest BCUT2D eigenvalue weighted by Crippen LogP contribution is -2.23. The fraction of sp³-hybridized carbons (Fsp3) is 0.963.